The number of nitrogens with zero attached hydrogens (tertiary/aromatic N) is 1. The van der Waals surface area contributed by atoms with Crippen molar-refractivity contribution in [3.05, 3.63) is 87.1 Å². The molecule has 3 aromatic rings. The Morgan fingerprint density at radius 3 is 2.50 bits per heavy atom. The minimum Gasteiger partial charge on any atom is -0.497 e. The number of fused-ring (bicyclic) bond motifs is 1. The SMILES string of the molecule is COc1ccc([C@@H]2c3ccsc3CCN2C(=O)c2ccc(C)cc2)cc1. The van der Waals surface area contributed by atoms with Crippen LogP contribution in [-0.2, 0) is 6.42 Å². The number of rotatable bonds is 3. The van der Waals surface area contributed by atoms with E-state index in [9.17, 15) is 4.79 Å². The molecule has 0 N–H and O–H groups in total. The summed E-state index contributed by atoms with van der Waals surface area (Å²) >= 11 is 1.78. The zero-order chi connectivity index (χ0) is 18.1. The lowest BCUT2D eigenvalue weighted by Gasteiger charge is -2.36. The highest BCUT2D eigenvalue weighted by Gasteiger charge is 2.33. The van der Waals surface area contributed by atoms with Crippen molar-refractivity contribution in [3.63, 3.8) is 0 Å². The minimum absolute atomic E-state index is 0.0512. The molecule has 1 amide bonds. The van der Waals surface area contributed by atoms with Crippen molar-refractivity contribution in [2.75, 3.05) is 13.7 Å². The Morgan fingerprint density at radius 2 is 1.81 bits per heavy atom. The van der Waals surface area contributed by atoms with Gasteiger partial charge < -0.3 is 9.64 Å². The number of benzene rings is 2. The Hall–Kier alpha value is -2.59. The fraction of sp³-hybridized carbons (Fsp3) is 0.227. The highest BCUT2D eigenvalue weighted by atomic mass is 32.1. The predicted octanol–water partition coefficient (Wildman–Crippen LogP) is 4.85. The van der Waals surface area contributed by atoms with E-state index in [1.54, 1.807) is 18.4 Å². The fourth-order valence-electron chi connectivity index (χ4n) is 3.54. The topological polar surface area (TPSA) is 29.5 Å². The van der Waals surface area contributed by atoms with Crippen molar-refractivity contribution < 1.29 is 9.53 Å². The van der Waals surface area contributed by atoms with Crippen molar-refractivity contribution in [3.8, 4) is 5.75 Å². The molecule has 4 rings (SSSR count). The fourth-order valence-corrected chi connectivity index (χ4v) is 4.45. The third-order valence-electron chi connectivity index (χ3n) is 4.96. The van der Waals surface area contributed by atoms with Crippen LogP contribution >= 0.6 is 11.3 Å². The summed E-state index contributed by atoms with van der Waals surface area (Å²) in [6.45, 7) is 2.77. The van der Waals surface area contributed by atoms with Gasteiger partial charge in [0, 0.05) is 17.0 Å². The summed E-state index contributed by atoms with van der Waals surface area (Å²) in [5.41, 5.74) is 4.26. The van der Waals surface area contributed by atoms with Crippen molar-refractivity contribution in [1.82, 2.24) is 4.90 Å². The van der Waals surface area contributed by atoms with Gasteiger partial charge in [0.25, 0.3) is 5.91 Å². The summed E-state index contributed by atoms with van der Waals surface area (Å²) in [6.07, 6.45) is 0.914. The van der Waals surface area contributed by atoms with Gasteiger partial charge in [0.1, 0.15) is 5.75 Å². The molecule has 1 atom stereocenters. The van der Waals surface area contributed by atoms with E-state index in [0.29, 0.717) is 0 Å². The van der Waals surface area contributed by atoms with Gasteiger partial charge in [0.15, 0.2) is 0 Å². The molecule has 26 heavy (non-hydrogen) atoms. The van der Waals surface area contributed by atoms with Crippen LogP contribution in [0.2, 0.25) is 0 Å². The molecule has 0 bridgehead atoms. The number of carbonyl (C=O) groups excluding carboxylic acids is 1. The van der Waals surface area contributed by atoms with E-state index in [1.807, 2.05) is 48.2 Å². The molecule has 4 heteroatoms. The lowest BCUT2D eigenvalue weighted by atomic mass is 9.92. The molecule has 1 aliphatic rings. The Morgan fingerprint density at radius 1 is 1.08 bits per heavy atom. The Labute approximate surface area is 157 Å². The molecule has 2 heterocycles. The maximum atomic E-state index is 13.3. The number of methoxy groups -OCH3 is 1. The van der Waals surface area contributed by atoms with Gasteiger partial charge in [0.2, 0.25) is 0 Å². The van der Waals surface area contributed by atoms with Crippen LogP contribution in [0.25, 0.3) is 0 Å². The van der Waals surface area contributed by atoms with E-state index in [1.165, 1.54) is 10.4 Å². The molecule has 0 fully saturated rings. The van der Waals surface area contributed by atoms with E-state index >= 15 is 0 Å². The molecule has 2 aromatic carbocycles. The molecule has 0 saturated carbocycles. The summed E-state index contributed by atoms with van der Waals surface area (Å²) < 4.78 is 5.29. The molecular formula is C22H21NO2S. The van der Waals surface area contributed by atoms with Crippen LogP contribution in [-0.4, -0.2) is 24.5 Å². The second kappa shape index (κ2) is 6.96. The van der Waals surface area contributed by atoms with Crippen LogP contribution in [0.4, 0.5) is 0 Å². The predicted molar refractivity (Wildman–Crippen MR) is 105 cm³/mol. The lowest BCUT2D eigenvalue weighted by Crippen LogP contribution is -2.40. The molecule has 0 aliphatic carbocycles. The first-order valence-electron chi connectivity index (χ1n) is 8.75. The molecule has 3 nitrogen and oxygen atoms in total. The van der Waals surface area contributed by atoms with E-state index in [0.717, 1.165) is 35.4 Å². The standard InChI is InChI=1S/C22H21NO2S/c1-15-3-5-17(6-4-15)22(24)23-13-11-20-19(12-14-26-20)21(23)16-7-9-18(25-2)10-8-16/h3-10,12,14,21H,11,13H2,1-2H3/t21-/m1/s1. The number of hydrogen-bond donors (Lipinski definition) is 0. The highest BCUT2D eigenvalue weighted by molar-refractivity contribution is 7.10. The summed E-state index contributed by atoms with van der Waals surface area (Å²) in [5.74, 6) is 0.911. The summed E-state index contributed by atoms with van der Waals surface area (Å²) in [7, 11) is 1.67. The van der Waals surface area contributed by atoms with E-state index < -0.39 is 0 Å². The van der Waals surface area contributed by atoms with Gasteiger partial charge >= 0.3 is 0 Å². The Balaban J connectivity index is 1.74. The van der Waals surface area contributed by atoms with Crippen molar-refractivity contribution in [2.24, 2.45) is 0 Å². The first-order chi connectivity index (χ1) is 12.7. The quantitative estimate of drug-likeness (QED) is 0.665. The van der Waals surface area contributed by atoms with Crippen molar-refractivity contribution in [2.45, 2.75) is 19.4 Å². The van der Waals surface area contributed by atoms with Crippen LogP contribution in [0, 0.1) is 6.92 Å². The van der Waals surface area contributed by atoms with Crippen LogP contribution in [0.15, 0.2) is 60.0 Å². The van der Waals surface area contributed by atoms with E-state index in [4.69, 9.17) is 4.74 Å². The van der Waals surface area contributed by atoms with Crippen LogP contribution in [0.3, 0.4) is 0 Å². The van der Waals surface area contributed by atoms with Gasteiger partial charge in [-0.15, -0.1) is 11.3 Å². The number of thiophene rings is 1. The molecule has 1 aromatic heterocycles. The van der Waals surface area contributed by atoms with Gasteiger partial charge in [0.05, 0.1) is 13.2 Å². The van der Waals surface area contributed by atoms with Crippen LogP contribution in [0.5, 0.6) is 5.75 Å². The summed E-state index contributed by atoms with van der Waals surface area (Å²) in [6, 6.07) is 18.0. The smallest absolute Gasteiger partial charge is 0.254 e. The zero-order valence-corrected chi connectivity index (χ0v) is 15.8. The lowest BCUT2D eigenvalue weighted by molar-refractivity contribution is 0.0696. The third kappa shape index (κ3) is 3.01. The van der Waals surface area contributed by atoms with Crippen LogP contribution in [0.1, 0.15) is 38.0 Å². The monoisotopic (exact) mass is 363 g/mol. The first kappa shape index (κ1) is 16.9. The minimum atomic E-state index is -0.0512. The van der Waals surface area contributed by atoms with Gasteiger partial charge in [-0.3, -0.25) is 4.79 Å². The second-order valence-corrected chi connectivity index (χ2v) is 7.59. The molecule has 132 valence electrons. The van der Waals surface area contributed by atoms with Crippen LogP contribution < -0.4 is 4.74 Å². The maximum absolute atomic E-state index is 13.3. The number of aryl methyl sites for hydroxylation is 1. The Kier molecular flexibility index (Phi) is 4.51. The van der Waals surface area contributed by atoms with Gasteiger partial charge in [-0.2, -0.15) is 0 Å². The number of ether oxygens (including phenoxy) is 1. The van der Waals surface area contributed by atoms with E-state index in [2.05, 4.69) is 23.6 Å². The summed E-state index contributed by atoms with van der Waals surface area (Å²) in [5, 5.41) is 2.13. The Bertz CT molecular complexity index is 912. The van der Waals surface area contributed by atoms with Crippen molar-refractivity contribution >= 4 is 17.2 Å². The molecular weight excluding hydrogens is 342 g/mol. The molecule has 0 unspecified atom stereocenters. The molecule has 0 saturated heterocycles. The van der Waals surface area contributed by atoms with E-state index in [-0.39, 0.29) is 11.9 Å². The largest absolute Gasteiger partial charge is 0.497 e. The maximum Gasteiger partial charge on any atom is 0.254 e. The average molecular weight is 363 g/mol. The van der Waals surface area contributed by atoms with Crippen molar-refractivity contribution in [1.29, 1.82) is 0 Å². The van der Waals surface area contributed by atoms with Gasteiger partial charge in [-0.1, -0.05) is 29.8 Å². The van der Waals surface area contributed by atoms with Gasteiger partial charge in [-0.05, 0) is 60.2 Å². The third-order valence-corrected chi connectivity index (χ3v) is 5.95. The molecule has 0 radical (unpaired) electrons. The number of carbonyl (C=O) groups is 1. The average Bonchev–Trinajstić information content (AvgIpc) is 3.16. The first-order valence-corrected chi connectivity index (χ1v) is 9.63. The number of hydrogen-bond acceptors (Lipinski definition) is 3. The highest BCUT2D eigenvalue weighted by Crippen LogP contribution is 2.38. The summed E-state index contributed by atoms with van der Waals surface area (Å²) in [4.78, 5) is 16.6. The molecule has 1 aliphatic heterocycles. The normalized spacial score (nSPS) is 16.2. The second-order valence-electron chi connectivity index (χ2n) is 6.59. The number of amides is 1. The van der Waals surface area contributed by atoms with Gasteiger partial charge in [-0.25, -0.2) is 0 Å². The zero-order valence-electron chi connectivity index (χ0n) is 14.9. The molecule has 0 spiro atoms.